The van der Waals surface area contributed by atoms with Gasteiger partial charge in [-0.15, -0.1) is 11.3 Å². The van der Waals surface area contributed by atoms with E-state index in [1.807, 2.05) is 6.92 Å². The highest BCUT2D eigenvalue weighted by Crippen LogP contribution is 2.35. The number of benzene rings is 1. The van der Waals surface area contributed by atoms with Gasteiger partial charge in [-0.3, -0.25) is 4.79 Å². The summed E-state index contributed by atoms with van der Waals surface area (Å²) in [5.41, 5.74) is -0.837. The summed E-state index contributed by atoms with van der Waals surface area (Å²) >= 11 is 7.62. The number of rotatable bonds is 2. The Balaban J connectivity index is 2.52. The van der Waals surface area contributed by atoms with E-state index < -0.39 is 17.5 Å². The van der Waals surface area contributed by atoms with Crippen molar-refractivity contribution in [3.63, 3.8) is 0 Å². The molecule has 0 unspecified atom stereocenters. The maximum atomic E-state index is 12.7. The molecule has 7 heteroatoms. The molecular weight excluding hydrogens is 421 g/mol. The van der Waals surface area contributed by atoms with Gasteiger partial charge in [-0.2, -0.15) is 13.2 Å². The van der Waals surface area contributed by atoms with Gasteiger partial charge >= 0.3 is 6.18 Å². The second-order valence-corrected chi connectivity index (χ2v) is 7.02. The zero-order valence-electron chi connectivity index (χ0n) is 10.0. The Hall–Kier alpha value is -0.660. The number of hydrogen-bond acceptors (Lipinski definition) is 2. The lowest BCUT2D eigenvalue weighted by Crippen LogP contribution is -2.08. The van der Waals surface area contributed by atoms with E-state index in [0.29, 0.717) is 13.8 Å². The van der Waals surface area contributed by atoms with Crippen LogP contribution in [0.5, 0.6) is 0 Å². The van der Waals surface area contributed by atoms with Gasteiger partial charge in [-0.25, -0.2) is 0 Å². The third-order valence-electron chi connectivity index (χ3n) is 2.55. The molecule has 0 aliphatic heterocycles. The molecule has 1 aromatic carbocycles. The summed E-state index contributed by atoms with van der Waals surface area (Å²) < 4.78 is 39.1. The van der Waals surface area contributed by atoms with Crippen LogP contribution in [0.15, 0.2) is 33.2 Å². The topological polar surface area (TPSA) is 17.1 Å². The number of thiophene rings is 1. The van der Waals surface area contributed by atoms with Crippen molar-refractivity contribution in [2.75, 3.05) is 0 Å². The second-order valence-electron chi connectivity index (χ2n) is 4.06. The SMILES string of the molecule is Cc1cc(Br)c(C(=O)c2cc(C(F)(F)F)ccc2Br)s1. The van der Waals surface area contributed by atoms with E-state index in [1.165, 1.54) is 17.4 Å². The zero-order valence-corrected chi connectivity index (χ0v) is 14.0. The highest BCUT2D eigenvalue weighted by Gasteiger charge is 2.32. The van der Waals surface area contributed by atoms with Crippen LogP contribution < -0.4 is 0 Å². The Labute approximate surface area is 134 Å². The first-order chi connectivity index (χ1) is 9.20. The van der Waals surface area contributed by atoms with Gasteiger partial charge in [-0.1, -0.05) is 15.9 Å². The molecule has 2 rings (SSSR count). The number of carbonyl (C=O) groups is 1. The molecule has 0 fully saturated rings. The molecule has 0 saturated heterocycles. The Morgan fingerprint density at radius 1 is 1.15 bits per heavy atom. The van der Waals surface area contributed by atoms with Gasteiger partial charge in [0.05, 0.1) is 10.4 Å². The van der Waals surface area contributed by atoms with E-state index in [2.05, 4.69) is 31.9 Å². The summed E-state index contributed by atoms with van der Waals surface area (Å²) in [7, 11) is 0. The van der Waals surface area contributed by atoms with Crippen molar-refractivity contribution in [3.05, 3.63) is 54.1 Å². The molecule has 0 atom stereocenters. The summed E-state index contributed by atoms with van der Waals surface area (Å²) in [4.78, 5) is 13.7. The molecule has 1 heterocycles. The van der Waals surface area contributed by atoms with Gasteiger partial charge in [0.2, 0.25) is 5.78 Å². The molecule has 20 heavy (non-hydrogen) atoms. The van der Waals surface area contributed by atoms with Crippen molar-refractivity contribution in [3.8, 4) is 0 Å². The highest BCUT2D eigenvalue weighted by molar-refractivity contribution is 9.11. The van der Waals surface area contributed by atoms with Gasteiger partial charge in [0.15, 0.2) is 0 Å². The summed E-state index contributed by atoms with van der Waals surface area (Å²) in [6, 6.07) is 4.81. The smallest absolute Gasteiger partial charge is 0.288 e. The summed E-state index contributed by atoms with van der Waals surface area (Å²) in [6.45, 7) is 1.83. The number of hydrogen-bond donors (Lipinski definition) is 0. The lowest BCUT2D eigenvalue weighted by atomic mass is 10.1. The van der Waals surface area contributed by atoms with Crippen LogP contribution in [-0.4, -0.2) is 5.78 Å². The average molecular weight is 428 g/mol. The minimum atomic E-state index is -4.47. The van der Waals surface area contributed by atoms with Gasteiger partial charge in [-0.05, 0) is 47.1 Å². The van der Waals surface area contributed by atoms with Crippen LogP contribution in [0.25, 0.3) is 0 Å². The lowest BCUT2D eigenvalue weighted by Gasteiger charge is -2.09. The number of aryl methyl sites for hydroxylation is 1. The zero-order chi connectivity index (χ0) is 15.1. The van der Waals surface area contributed by atoms with Crippen molar-refractivity contribution in [2.45, 2.75) is 13.1 Å². The Kier molecular flexibility index (Phi) is 4.41. The Morgan fingerprint density at radius 2 is 1.80 bits per heavy atom. The predicted molar refractivity (Wildman–Crippen MR) is 79.3 cm³/mol. The number of carbonyl (C=O) groups excluding carboxylic acids is 1. The number of ketones is 1. The molecule has 106 valence electrons. The van der Waals surface area contributed by atoms with Crippen molar-refractivity contribution in [1.82, 2.24) is 0 Å². The highest BCUT2D eigenvalue weighted by atomic mass is 79.9. The molecule has 0 amide bonds. The molecule has 0 N–H and O–H groups in total. The van der Waals surface area contributed by atoms with Crippen LogP contribution in [-0.2, 0) is 6.18 Å². The van der Waals surface area contributed by atoms with Gasteiger partial charge in [0.25, 0.3) is 0 Å². The number of halogens is 5. The summed E-state index contributed by atoms with van der Waals surface area (Å²) in [6.07, 6.45) is -4.47. The monoisotopic (exact) mass is 426 g/mol. The van der Waals surface area contributed by atoms with Crippen molar-refractivity contribution in [2.24, 2.45) is 0 Å². The largest absolute Gasteiger partial charge is 0.416 e. The van der Waals surface area contributed by atoms with E-state index in [9.17, 15) is 18.0 Å². The third-order valence-corrected chi connectivity index (χ3v) is 5.18. The minimum absolute atomic E-state index is 0.00220. The first-order valence-corrected chi connectivity index (χ1v) is 7.78. The van der Waals surface area contributed by atoms with Crippen molar-refractivity contribution in [1.29, 1.82) is 0 Å². The fourth-order valence-electron chi connectivity index (χ4n) is 1.64. The quantitative estimate of drug-likeness (QED) is 0.551. The molecule has 0 aliphatic rings. The van der Waals surface area contributed by atoms with Crippen LogP contribution in [0, 0.1) is 6.92 Å². The average Bonchev–Trinajstić information content (AvgIpc) is 2.66. The molecule has 0 aliphatic carbocycles. The summed E-state index contributed by atoms with van der Waals surface area (Å²) in [5, 5.41) is 0. The standard InChI is InChI=1S/C13H7Br2F3OS/c1-6-4-10(15)12(20-6)11(19)8-5-7(13(16,17)18)2-3-9(8)14/h2-5H,1H3. The third kappa shape index (κ3) is 3.15. The fraction of sp³-hybridized carbons (Fsp3) is 0.154. The van der Waals surface area contributed by atoms with E-state index in [-0.39, 0.29) is 5.56 Å². The maximum Gasteiger partial charge on any atom is 0.416 e. The van der Waals surface area contributed by atoms with Gasteiger partial charge in [0.1, 0.15) is 0 Å². The predicted octanol–water partition coefficient (Wildman–Crippen LogP) is 5.83. The van der Waals surface area contributed by atoms with E-state index >= 15 is 0 Å². The minimum Gasteiger partial charge on any atom is -0.288 e. The van der Waals surface area contributed by atoms with Crippen LogP contribution in [0.3, 0.4) is 0 Å². The number of alkyl halides is 3. The van der Waals surface area contributed by atoms with Crippen molar-refractivity contribution < 1.29 is 18.0 Å². The van der Waals surface area contributed by atoms with Crippen LogP contribution in [0.2, 0.25) is 0 Å². The van der Waals surface area contributed by atoms with E-state index in [4.69, 9.17) is 0 Å². The molecule has 0 bridgehead atoms. The first-order valence-electron chi connectivity index (χ1n) is 5.37. The van der Waals surface area contributed by atoms with E-state index in [1.54, 1.807) is 6.07 Å². The lowest BCUT2D eigenvalue weighted by molar-refractivity contribution is -0.137. The molecule has 0 radical (unpaired) electrons. The molecule has 0 saturated carbocycles. The normalized spacial score (nSPS) is 11.7. The Morgan fingerprint density at radius 3 is 2.30 bits per heavy atom. The second kappa shape index (κ2) is 5.61. The van der Waals surface area contributed by atoms with Crippen LogP contribution in [0.4, 0.5) is 13.2 Å². The van der Waals surface area contributed by atoms with Crippen molar-refractivity contribution >= 4 is 49.0 Å². The molecule has 1 aromatic heterocycles. The molecular formula is C13H7Br2F3OS. The maximum absolute atomic E-state index is 12.7. The Bertz CT molecular complexity index is 677. The molecule has 1 nitrogen and oxygen atoms in total. The molecule has 0 spiro atoms. The fourth-order valence-corrected chi connectivity index (χ4v) is 3.84. The van der Waals surface area contributed by atoms with Gasteiger partial charge in [0, 0.05) is 19.4 Å². The molecule has 2 aromatic rings. The first kappa shape index (κ1) is 15.7. The van der Waals surface area contributed by atoms with Gasteiger partial charge < -0.3 is 0 Å². The van der Waals surface area contributed by atoms with Crippen LogP contribution in [0.1, 0.15) is 25.7 Å². The van der Waals surface area contributed by atoms with E-state index in [0.717, 1.165) is 17.0 Å². The summed E-state index contributed by atoms with van der Waals surface area (Å²) in [5.74, 6) is -0.437. The van der Waals surface area contributed by atoms with Crippen LogP contribution >= 0.6 is 43.2 Å².